The molecule has 0 radical (unpaired) electrons. The van der Waals surface area contributed by atoms with Crippen molar-refractivity contribution >= 4 is 11.9 Å². The molecule has 3 aromatic carbocycles. The zero-order valence-electron chi connectivity index (χ0n) is 29.9. The minimum atomic E-state index is -0.948. The Labute approximate surface area is 295 Å². The summed E-state index contributed by atoms with van der Waals surface area (Å²) < 4.78 is 14.0. The molecule has 0 saturated heterocycles. The molecule has 8 bridgehead atoms. The number of carboxylic acid groups (broad SMARTS) is 2. The zero-order valence-corrected chi connectivity index (χ0v) is 29.9. The summed E-state index contributed by atoms with van der Waals surface area (Å²) in [5, 5.41) is 19.2. The molecular formula is C44H50O6. The van der Waals surface area contributed by atoms with Crippen molar-refractivity contribution in [2.24, 2.45) is 33.5 Å². The molecule has 0 heterocycles. The minimum absolute atomic E-state index is 0.0531. The van der Waals surface area contributed by atoms with Crippen LogP contribution in [0.2, 0.25) is 0 Å². The van der Waals surface area contributed by atoms with Crippen LogP contribution in [-0.4, -0.2) is 22.2 Å². The molecule has 4 atom stereocenters. The Hall–Kier alpha value is -3.80. The van der Waals surface area contributed by atoms with Crippen LogP contribution < -0.4 is 9.47 Å². The van der Waals surface area contributed by atoms with Crippen LogP contribution >= 0.6 is 0 Å². The molecule has 262 valence electrons. The lowest BCUT2D eigenvalue weighted by molar-refractivity contribution is -0.112. The highest BCUT2D eigenvalue weighted by atomic mass is 16.5. The number of ether oxygens (including phenoxy) is 2. The SMILES string of the molecule is CC12CC3CC(C)(C1)CC(c1cc(Oc4ccc(C(=O)O)cc4)c(C45CC6CC(C)(CC(C)(C6)C4)C5)cc1Oc1ccc(C(=O)O)cc1)(C3)C2. The summed E-state index contributed by atoms with van der Waals surface area (Å²) in [5.74, 6) is 2.53. The normalized spacial score (nSPS) is 39.0. The second kappa shape index (κ2) is 10.4. The Kier molecular flexibility index (Phi) is 6.68. The van der Waals surface area contributed by atoms with E-state index in [0.717, 1.165) is 50.0 Å². The molecule has 8 aliphatic rings. The summed E-state index contributed by atoms with van der Waals surface area (Å²) in [6.07, 6.45) is 14.5. The Balaban J connectivity index is 1.24. The van der Waals surface area contributed by atoms with Crippen molar-refractivity contribution in [2.45, 2.75) is 116 Å². The zero-order chi connectivity index (χ0) is 34.9. The molecule has 6 heteroatoms. The van der Waals surface area contributed by atoms with Crippen molar-refractivity contribution in [3.8, 4) is 23.0 Å². The number of hydrogen-bond acceptors (Lipinski definition) is 4. The average molecular weight is 675 g/mol. The fraction of sp³-hybridized carbons (Fsp3) is 0.545. The van der Waals surface area contributed by atoms with E-state index in [0.29, 0.717) is 23.3 Å². The van der Waals surface area contributed by atoms with Crippen molar-refractivity contribution in [2.75, 3.05) is 0 Å². The first kappa shape index (κ1) is 32.1. The summed E-state index contributed by atoms with van der Waals surface area (Å²) in [7, 11) is 0. The number of hydrogen-bond donors (Lipinski definition) is 2. The lowest BCUT2D eigenvalue weighted by Gasteiger charge is -2.66. The maximum absolute atomic E-state index is 11.7. The van der Waals surface area contributed by atoms with Crippen LogP contribution in [-0.2, 0) is 10.8 Å². The van der Waals surface area contributed by atoms with E-state index in [1.54, 1.807) is 48.5 Å². The predicted octanol–water partition coefficient (Wildman–Crippen LogP) is 11.2. The summed E-state index contributed by atoms with van der Waals surface area (Å²) >= 11 is 0. The summed E-state index contributed by atoms with van der Waals surface area (Å²) in [6.45, 7) is 10.0. The first-order valence-corrected chi connectivity index (χ1v) is 18.8. The van der Waals surface area contributed by atoms with Crippen LogP contribution in [0.15, 0.2) is 60.7 Å². The number of aromatic carboxylic acids is 2. The molecule has 2 N–H and O–H groups in total. The van der Waals surface area contributed by atoms with Crippen molar-refractivity contribution < 1.29 is 29.3 Å². The van der Waals surface area contributed by atoms with Gasteiger partial charge in [-0.3, -0.25) is 0 Å². The van der Waals surface area contributed by atoms with Gasteiger partial charge in [0.25, 0.3) is 0 Å². The second-order valence-corrected chi connectivity index (χ2v) is 19.5. The van der Waals surface area contributed by atoms with E-state index in [4.69, 9.17) is 9.47 Å². The van der Waals surface area contributed by atoms with Gasteiger partial charge >= 0.3 is 11.9 Å². The number of carboxylic acids is 2. The average Bonchev–Trinajstić information content (AvgIpc) is 2.98. The van der Waals surface area contributed by atoms with Gasteiger partial charge in [0, 0.05) is 22.0 Å². The topological polar surface area (TPSA) is 93.1 Å². The molecule has 8 saturated carbocycles. The summed E-state index contributed by atoms with van der Waals surface area (Å²) in [4.78, 5) is 23.4. The van der Waals surface area contributed by atoms with Gasteiger partial charge in [-0.2, -0.15) is 0 Å². The second-order valence-electron chi connectivity index (χ2n) is 19.5. The lowest BCUT2D eigenvalue weighted by atomic mass is 9.38. The Bertz CT molecular complexity index is 1730. The van der Waals surface area contributed by atoms with E-state index in [9.17, 15) is 19.8 Å². The molecule has 50 heavy (non-hydrogen) atoms. The maximum Gasteiger partial charge on any atom is 0.335 e. The van der Waals surface area contributed by atoms with E-state index in [1.807, 2.05) is 0 Å². The molecule has 0 aromatic heterocycles. The van der Waals surface area contributed by atoms with E-state index >= 15 is 0 Å². The first-order chi connectivity index (χ1) is 23.6. The van der Waals surface area contributed by atoms with Gasteiger partial charge in [0.1, 0.15) is 23.0 Å². The lowest BCUT2D eigenvalue weighted by Crippen LogP contribution is -2.57. The Morgan fingerprint density at radius 2 is 0.840 bits per heavy atom. The van der Waals surface area contributed by atoms with Gasteiger partial charge in [0.2, 0.25) is 0 Å². The van der Waals surface area contributed by atoms with Crippen molar-refractivity contribution in [1.29, 1.82) is 0 Å². The van der Waals surface area contributed by atoms with Crippen LogP contribution in [0, 0.1) is 33.5 Å². The standard InChI is InChI=1S/C44H50O6/c1-39-15-27-16-40(2,21-39)24-43(19-27,23-39)33-13-36(50-32-11-7-30(8-12-32)38(47)48)34(14-35(33)49-31-9-5-29(6-10-31)37(45)46)44-20-28-17-41(3,25-44)22-42(4,18-28)26-44/h5-14,27-28H,15-26H2,1-4H3,(H,45,46)(H,47,48). The van der Waals surface area contributed by atoms with Crippen LogP contribution in [0.4, 0.5) is 0 Å². The molecule has 0 spiro atoms. The van der Waals surface area contributed by atoms with E-state index in [1.165, 1.54) is 49.7 Å². The predicted molar refractivity (Wildman–Crippen MR) is 192 cm³/mol. The molecule has 11 rings (SSSR count). The highest BCUT2D eigenvalue weighted by Gasteiger charge is 2.63. The maximum atomic E-state index is 11.7. The van der Waals surface area contributed by atoms with Gasteiger partial charge < -0.3 is 19.7 Å². The first-order valence-electron chi connectivity index (χ1n) is 18.8. The smallest absolute Gasteiger partial charge is 0.335 e. The fourth-order valence-electron chi connectivity index (χ4n) is 14.6. The van der Waals surface area contributed by atoms with Crippen LogP contribution in [0.25, 0.3) is 0 Å². The van der Waals surface area contributed by atoms with Gasteiger partial charge in [-0.1, -0.05) is 27.7 Å². The highest BCUT2D eigenvalue weighted by molar-refractivity contribution is 5.88. The third-order valence-electron chi connectivity index (χ3n) is 14.1. The molecule has 0 aliphatic heterocycles. The van der Waals surface area contributed by atoms with Crippen LogP contribution in [0.3, 0.4) is 0 Å². The quantitative estimate of drug-likeness (QED) is 0.247. The largest absolute Gasteiger partial charge is 0.478 e. The minimum Gasteiger partial charge on any atom is -0.478 e. The van der Waals surface area contributed by atoms with Gasteiger partial charge in [-0.05, 0) is 171 Å². The number of carbonyl (C=O) groups is 2. The third kappa shape index (κ3) is 5.18. The monoisotopic (exact) mass is 674 g/mol. The van der Waals surface area contributed by atoms with E-state index in [2.05, 4.69) is 39.8 Å². The molecule has 4 unspecified atom stereocenters. The molecular weight excluding hydrogens is 624 g/mol. The van der Waals surface area contributed by atoms with Crippen LogP contribution in [0.1, 0.15) is 137 Å². The van der Waals surface area contributed by atoms with Crippen molar-refractivity contribution in [1.82, 2.24) is 0 Å². The molecule has 3 aromatic rings. The van der Waals surface area contributed by atoms with Crippen molar-refractivity contribution in [3.63, 3.8) is 0 Å². The van der Waals surface area contributed by atoms with Gasteiger partial charge in [0.15, 0.2) is 0 Å². The van der Waals surface area contributed by atoms with Gasteiger partial charge in [-0.25, -0.2) is 9.59 Å². The number of benzene rings is 3. The third-order valence-corrected chi connectivity index (χ3v) is 14.1. The Morgan fingerprint density at radius 3 is 1.12 bits per heavy atom. The fourth-order valence-corrected chi connectivity index (χ4v) is 14.6. The molecule has 6 nitrogen and oxygen atoms in total. The summed E-state index contributed by atoms with van der Waals surface area (Å²) in [5.41, 5.74) is 3.93. The Morgan fingerprint density at radius 1 is 0.520 bits per heavy atom. The molecule has 0 amide bonds. The number of rotatable bonds is 8. The summed E-state index contributed by atoms with van der Waals surface area (Å²) in [6, 6.07) is 18.3. The molecule has 8 aliphatic carbocycles. The highest BCUT2D eigenvalue weighted by Crippen LogP contribution is 2.73. The van der Waals surface area contributed by atoms with E-state index in [-0.39, 0.29) is 43.6 Å². The van der Waals surface area contributed by atoms with Gasteiger partial charge in [-0.15, -0.1) is 0 Å². The molecule has 8 fully saturated rings. The van der Waals surface area contributed by atoms with Crippen LogP contribution in [0.5, 0.6) is 23.0 Å². The van der Waals surface area contributed by atoms with E-state index < -0.39 is 11.9 Å². The van der Waals surface area contributed by atoms with Gasteiger partial charge in [0.05, 0.1) is 11.1 Å². The van der Waals surface area contributed by atoms with Crippen molar-refractivity contribution in [3.05, 3.63) is 82.9 Å².